The Morgan fingerprint density at radius 3 is 2.84 bits per heavy atom. The molecule has 0 aliphatic carbocycles. The third kappa shape index (κ3) is 3.32. The van der Waals surface area contributed by atoms with Gasteiger partial charge in [-0.3, -0.25) is 4.98 Å². The van der Waals surface area contributed by atoms with E-state index < -0.39 is 0 Å². The van der Waals surface area contributed by atoms with Crippen LogP contribution in [0.5, 0.6) is 0 Å². The maximum absolute atomic E-state index is 6.19. The number of hydrogen-bond donors (Lipinski definition) is 1. The zero-order chi connectivity index (χ0) is 13.8. The highest BCUT2D eigenvalue weighted by molar-refractivity contribution is 7.15. The van der Waals surface area contributed by atoms with E-state index in [1.54, 1.807) is 17.5 Å². The minimum Gasteiger partial charge on any atom is -0.312 e. The van der Waals surface area contributed by atoms with E-state index in [9.17, 15) is 0 Å². The molecule has 2 heterocycles. The van der Waals surface area contributed by atoms with Crippen molar-refractivity contribution in [2.75, 3.05) is 6.54 Å². The van der Waals surface area contributed by atoms with E-state index in [-0.39, 0.29) is 0 Å². The van der Waals surface area contributed by atoms with Crippen molar-refractivity contribution >= 4 is 22.9 Å². The number of nitrogens with one attached hydrogen (secondary N) is 1. The van der Waals surface area contributed by atoms with Gasteiger partial charge in [0.15, 0.2) is 0 Å². The Kier molecular flexibility index (Phi) is 4.91. The fourth-order valence-corrected chi connectivity index (χ4v) is 3.29. The topological polar surface area (TPSA) is 37.8 Å². The van der Waals surface area contributed by atoms with Crippen LogP contribution in [0.15, 0.2) is 18.3 Å². The van der Waals surface area contributed by atoms with Gasteiger partial charge in [-0.15, -0.1) is 11.3 Å². The Morgan fingerprint density at radius 1 is 1.42 bits per heavy atom. The summed E-state index contributed by atoms with van der Waals surface area (Å²) in [7, 11) is 0. The fourth-order valence-electron chi connectivity index (χ4n) is 1.82. The zero-order valence-electron chi connectivity index (χ0n) is 11.4. The monoisotopic (exact) mass is 295 g/mol. The molecule has 0 saturated heterocycles. The molecule has 0 aromatic carbocycles. The molecule has 3 nitrogen and oxygen atoms in total. The molecule has 0 aliphatic rings. The molecule has 0 bridgehead atoms. The Labute approximate surface area is 123 Å². The van der Waals surface area contributed by atoms with E-state index in [1.807, 2.05) is 12.1 Å². The Bertz CT molecular complexity index is 551. The van der Waals surface area contributed by atoms with Crippen LogP contribution in [-0.2, 0) is 6.54 Å². The number of halogens is 1. The van der Waals surface area contributed by atoms with Crippen molar-refractivity contribution in [2.45, 2.75) is 33.2 Å². The number of hydrogen-bond acceptors (Lipinski definition) is 4. The van der Waals surface area contributed by atoms with Crippen LogP contribution in [0, 0.1) is 0 Å². The van der Waals surface area contributed by atoms with Gasteiger partial charge in [-0.2, -0.15) is 0 Å². The van der Waals surface area contributed by atoms with Crippen molar-refractivity contribution in [1.29, 1.82) is 0 Å². The predicted octanol–water partition coefficient (Wildman–Crippen LogP) is 4.09. The van der Waals surface area contributed by atoms with Crippen LogP contribution in [0.4, 0.5) is 0 Å². The molecule has 102 valence electrons. The summed E-state index contributed by atoms with van der Waals surface area (Å²) in [5.41, 5.74) is 1.92. The minimum absolute atomic E-state index is 0.404. The number of rotatable bonds is 5. The summed E-state index contributed by atoms with van der Waals surface area (Å²) in [6.07, 6.45) is 1.75. The van der Waals surface area contributed by atoms with Gasteiger partial charge < -0.3 is 5.32 Å². The van der Waals surface area contributed by atoms with Gasteiger partial charge >= 0.3 is 0 Å². The van der Waals surface area contributed by atoms with Crippen LogP contribution in [0.25, 0.3) is 10.7 Å². The SMILES string of the molecule is CCNCc1sc(-c2ncccc2Cl)nc1C(C)C. The quantitative estimate of drug-likeness (QED) is 0.903. The van der Waals surface area contributed by atoms with Crippen LogP contribution < -0.4 is 5.32 Å². The summed E-state index contributed by atoms with van der Waals surface area (Å²) >= 11 is 7.87. The Balaban J connectivity index is 2.40. The van der Waals surface area contributed by atoms with Gasteiger partial charge in [0.05, 0.1) is 10.7 Å². The van der Waals surface area contributed by atoms with Gasteiger partial charge in [-0.1, -0.05) is 32.4 Å². The van der Waals surface area contributed by atoms with Gasteiger partial charge in [0.2, 0.25) is 0 Å². The molecule has 0 amide bonds. The summed E-state index contributed by atoms with van der Waals surface area (Å²) < 4.78 is 0. The first kappa shape index (κ1) is 14.4. The maximum atomic E-state index is 6.19. The van der Waals surface area contributed by atoms with E-state index in [0.29, 0.717) is 10.9 Å². The lowest BCUT2D eigenvalue weighted by molar-refractivity contribution is 0.714. The molecule has 1 N–H and O–H groups in total. The highest BCUT2D eigenvalue weighted by atomic mass is 35.5. The third-order valence-corrected chi connectivity index (χ3v) is 4.15. The highest BCUT2D eigenvalue weighted by Gasteiger charge is 2.17. The van der Waals surface area contributed by atoms with Crippen molar-refractivity contribution in [3.05, 3.63) is 33.9 Å². The molecule has 0 atom stereocenters. The normalized spacial score (nSPS) is 11.2. The lowest BCUT2D eigenvalue weighted by Crippen LogP contribution is -2.12. The van der Waals surface area contributed by atoms with E-state index in [2.05, 4.69) is 31.1 Å². The van der Waals surface area contributed by atoms with Crippen molar-refractivity contribution < 1.29 is 0 Å². The molecule has 2 aromatic rings. The Hall–Kier alpha value is -0.970. The van der Waals surface area contributed by atoms with Gasteiger partial charge in [0.1, 0.15) is 10.7 Å². The number of nitrogens with zero attached hydrogens (tertiary/aromatic N) is 2. The molecule has 0 fully saturated rings. The minimum atomic E-state index is 0.404. The Morgan fingerprint density at radius 2 is 2.21 bits per heavy atom. The summed E-state index contributed by atoms with van der Waals surface area (Å²) in [6.45, 7) is 8.23. The standard InChI is InChI=1S/C14H18ClN3S/c1-4-16-8-11-12(9(2)3)18-14(19-11)13-10(15)6-5-7-17-13/h5-7,9,16H,4,8H2,1-3H3. The van der Waals surface area contributed by atoms with Crippen LogP contribution in [0.2, 0.25) is 5.02 Å². The summed E-state index contributed by atoms with van der Waals surface area (Å²) in [6, 6.07) is 3.69. The van der Waals surface area contributed by atoms with Crippen molar-refractivity contribution in [2.24, 2.45) is 0 Å². The average molecular weight is 296 g/mol. The van der Waals surface area contributed by atoms with Gasteiger partial charge in [0.25, 0.3) is 0 Å². The summed E-state index contributed by atoms with van der Waals surface area (Å²) in [4.78, 5) is 10.3. The van der Waals surface area contributed by atoms with Crippen molar-refractivity contribution in [3.8, 4) is 10.7 Å². The van der Waals surface area contributed by atoms with Crippen molar-refractivity contribution in [3.63, 3.8) is 0 Å². The third-order valence-electron chi connectivity index (χ3n) is 2.77. The van der Waals surface area contributed by atoms with E-state index in [1.165, 1.54) is 4.88 Å². The largest absolute Gasteiger partial charge is 0.312 e. The zero-order valence-corrected chi connectivity index (χ0v) is 13.0. The van der Waals surface area contributed by atoms with E-state index in [0.717, 1.165) is 29.5 Å². The van der Waals surface area contributed by atoms with Crippen LogP contribution in [0.1, 0.15) is 37.3 Å². The van der Waals surface area contributed by atoms with Crippen LogP contribution in [0.3, 0.4) is 0 Å². The first-order chi connectivity index (χ1) is 9.13. The van der Waals surface area contributed by atoms with E-state index in [4.69, 9.17) is 16.6 Å². The predicted molar refractivity (Wildman–Crippen MR) is 81.8 cm³/mol. The molecule has 2 aromatic heterocycles. The molecule has 19 heavy (non-hydrogen) atoms. The average Bonchev–Trinajstić information content (AvgIpc) is 2.81. The van der Waals surface area contributed by atoms with Gasteiger partial charge in [-0.05, 0) is 24.6 Å². The molecule has 0 radical (unpaired) electrons. The highest BCUT2D eigenvalue weighted by Crippen LogP contribution is 2.33. The molecular weight excluding hydrogens is 278 g/mol. The molecule has 0 spiro atoms. The first-order valence-corrected chi connectivity index (χ1v) is 7.64. The smallest absolute Gasteiger partial charge is 0.143 e. The number of aromatic nitrogens is 2. The lowest BCUT2D eigenvalue weighted by atomic mass is 10.1. The second kappa shape index (κ2) is 6.46. The fraction of sp³-hybridized carbons (Fsp3) is 0.429. The maximum Gasteiger partial charge on any atom is 0.143 e. The second-order valence-electron chi connectivity index (χ2n) is 4.60. The molecule has 0 saturated carbocycles. The van der Waals surface area contributed by atoms with Crippen LogP contribution in [-0.4, -0.2) is 16.5 Å². The van der Waals surface area contributed by atoms with E-state index >= 15 is 0 Å². The summed E-state index contributed by atoms with van der Waals surface area (Å²) in [5, 5.41) is 4.92. The second-order valence-corrected chi connectivity index (χ2v) is 6.09. The molecular formula is C14H18ClN3S. The first-order valence-electron chi connectivity index (χ1n) is 6.44. The van der Waals surface area contributed by atoms with Gasteiger partial charge in [0, 0.05) is 17.6 Å². The van der Waals surface area contributed by atoms with Crippen LogP contribution >= 0.6 is 22.9 Å². The summed E-state index contributed by atoms with van der Waals surface area (Å²) in [5.74, 6) is 0.404. The molecule has 5 heteroatoms. The number of thiazole rings is 1. The molecule has 0 unspecified atom stereocenters. The molecule has 0 aliphatic heterocycles. The number of pyridine rings is 1. The lowest BCUT2D eigenvalue weighted by Gasteiger charge is -2.04. The molecule has 2 rings (SSSR count). The van der Waals surface area contributed by atoms with Gasteiger partial charge in [-0.25, -0.2) is 4.98 Å². The van der Waals surface area contributed by atoms with Crippen molar-refractivity contribution in [1.82, 2.24) is 15.3 Å².